The number of carbonyl (C=O) groups excluding carboxylic acids is 2. The molecule has 88 valence electrons. The minimum Gasteiger partial charge on any atom is -0.378 e. The molecule has 1 rings (SSSR count). The molecule has 1 aliphatic heterocycles. The van der Waals surface area contributed by atoms with Crippen LogP contribution in [0, 0.1) is 0 Å². The number of nitrogens with one attached hydrogen (secondary N) is 3. The fourth-order valence-corrected chi connectivity index (χ4v) is 1.04. The number of ether oxygens (including phenoxy) is 1. The number of rotatable bonds is 2. The van der Waals surface area contributed by atoms with E-state index in [-0.39, 0.29) is 30.3 Å². The van der Waals surface area contributed by atoms with Gasteiger partial charge in [0.25, 0.3) is 5.91 Å². The molecule has 6 nitrogen and oxygen atoms in total. The SMILES string of the molecule is CCC(=O)NNC(=O)C1COCCN1.Cl. The van der Waals surface area contributed by atoms with Crippen LogP contribution in [0.1, 0.15) is 13.3 Å². The van der Waals surface area contributed by atoms with Gasteiger partial charge < -0.3 is 10.1 Å². The van der Waals surface area contributed by atoms with Crippen molar-refractivity contribution < 1.29 is 14.3 Å². The van der Waals surface area contributed by atoms with Gasteiger partial charge in [-0.3, -0.25) is 20.4 Å². The van der Waals surface area contributed by atoms with E-state index in [0.29, 0.717) is 26.2 Å². The van der Waals surface area contributed by atoms with Crippen LogP contribution in [-0.2, 0) is 14.3 Å². The summed E-state index contributed by atoms with van der Waals surface area (Å²) in [6, 6.07) is -0.374. The molecule has 1 aliphatic rings. The van der Waals surface area contributed by atoms with Gasteiger partial charge >= 0.3 is 0 Å². The topological polar surface area (TPSA) is 79.5 Å². The van der Waals surface area contributed by atoms with Crippen molar-refractivity contribution >= 4 is 24.2 Å². The van der Waals surface area contributed by atoms with E-state index in [1.54, 1.807) is 6.92 Å². The van der Waals surface area contributed by atoms with Crippen molar-refractivity contribution in [2.75, 3.05) is 19.8 Å². The first-order valence-electron chi connectivity index (χ1n) is 4.64. The Morgan fingerprint density at radius 3 is 2.73 bits per heavy atom. The molecule has 0 aromatic carbocycles. The van der Waals surface area contributed by atoms with Crippen molar-refractivity contribution in [2.45, 2.75) is 19.4 Å². The van der Waals surface area contributed by atoms with Gasteiger partial charge in [0, 0.05) is 13.0 Å². The maximum atomic E-state index is 11.4. The lowest BCUT2D eigenvalue weighted by atomic mass is 10.3. The van der Waals surface area contributed by atoms with E-state index in [2.05, 4.69) is 16.2 Å². The van der Waals surface area contributed by atoms with Crippen LogP contribution >= 0.6 is 12.4 Å². The van der Waals surface area contributed by atoms with Gasteiger partial charge in [0.1, 0.15) is 6.04 Å². The van der Waals surface area contributed by atoms with Gasteiger partial charge in [0.15, 0.2) is 0 Å². The number of amides is 2. The second kappa shape index (κ2) is 7.44. The molecule has 0 saturated carbocycles. The Morgan fingerprint density at radius 1 is 1.47 bits per heavy atom. The third kappa shape index (κ3) is 4.96. The summed E-state index contributed by atoms with van der Waals surface area (Å²) in [6.07, 6.45) is 0.342. The highest BCUT2D eigenvalue weighted by molar-refractivity contribution is 5.85. The summed E-state index contributed by atoms with van der Waals surface area (Å²) in [4.78, 5) is 22.2. The van der Waals surface area contributed by atoms with E-state index in [0.717, 1.165) is 0 Å². The predicted molar refractivity (Wildman–Crippen MR) is 56.4 cm³/mol. The highest BCUT2D eigenvalue weighted by atomic mass is 35.5. The normalized spacial score (nSPS) is 19.9. The molecule has 1 fully saturated rings. The van der Waals surface area contributed by atoms with Gasteiger partial charge in [-0.05, 0) is 0 Å². The zero-order chi connectivity index (χ0) is 10.4. The maximum Gasteiger partial charge on any atom is 0.257 e. The molecule has 0 aromatic rings. The number of halogens is 1. The second-order valence-corrected chi connectivity index (χ2v) is 2.97. The van der Waals surface area contributed by atoms with Crippen LogP contribution in [0.25, 0.3) is 0 Å². The Kier molecular flexibility index (Phi) is 7.02. The number of hydrazine groups is 1. The van der Waals surface area contributed by atoms with Crippen LogP contribution in [0.4, 0.5) is 0 Å². The summed E-state index contributed by atoms with van der Waals surface area (Å²) in [7, 11) is 0. The van der Waals surface area contributed by atoms with Crippen molar-refractivity contribution in [3.63, 3.8) is 0 Å². The van der Waals surface area contributed by atoms with Crippen molar-refractivity contribution in [3.05, 3.63) is 0 Å². The number of morpholine rings is 1. The average molecular weight is 238 g/mol. The lowest BCUT2D eigenvalue weighted by molar-refractivity contribution is -0.131. The summed E-state index contributed by atoms with van der Waals surface area (Å²) in [5.41, 5.74) is 4.62. The van der Waals surface area contributed by atoms with Crippen molar-refractivity contribution in [1.29, 1.82) is 0 Å². The number of hydrogen-bond donors (Lipinski definition) is 3. The summed E-state index contributed by atoms with van der Waals surface area (Å²) in [5, 5.41) is 2.97. The molecule has 0 spiro atoms. The van der Waals surface area contributed by atoms with Crippen LogP contribution < -0.4 is 16.2 Å². The third-order valence-electron chi connectivity index (χ3n) is 1.88. The lowest BCUT2D eigenvalue weighted by Crippen LogP contribution is -2.55. The van der Waals surface area contributed by atoms with Gasteiger partial charge in [0.2, 0.25) is 5.91 Å². The Balaban J connectivity index is 0.00000196. The first-order valence-corrected chi connectivity index (χ1v) is 4.64. The number of carbonyl (C=O) groups is 2. The van der Waals surface area contributed by atoms with Gasteiger partial charge in [-0.25, -0.2) is 0 Å². The van der Waals surface area contributed by atoms with Crippen LogP contribution in [0.3, 0.4) is 0 Å². The van der Waals surface area contributed by atoms with E-state index >= 15 is 0 Å². The quantitative estimate of drug-likeness (QED) is 0.536. The molecule has 0 aromatic heterocycles. The molecule has 15 heavy (non-hydrogen) atoms. The minimum absolute atomic E-state index is 0. The summed E-state index contributed by atoms with van der Waals surface area (Å²) in [6.45, 7) is 3.32. The van der Waals surface area contributed by atoms with Crippen LogP contribution in [-0.4, -0.2) is 37.6 Å². The molecule has 1 atom stereocenters. The Hall–Kier alpha value is -0.850. The lowest BCUT2D eigenvalue weighted by Gasteiger charge is -2.22. The van der Waals surface area contributed by atoms with Gasteiger partial charge in [-0.15, -0.1) is 12.4 Å². The van der Waals surface area contributed by atoms with Gasteiger partial charge in [-0.2, -0.15) is 0 Å². The van der Waals surface area contributed by atoms with Crippen molar-refractivity contribution in [1.82, 2.24) is 16.2 Å². The fraction of sp³-hybridized carbons (Fsp3) is 0.750. The van der Waals surface area contributed by atoms with Gasteiger partial charge in [-0.1, -0.05) is 6.92 Å². The second-order valence-electron chi connectivity index (χ2n) is 2.97. The predicted octanol–water partition coefficient (Wildman–Crippen LogP) is -1.05. The minimum atomic E-state index is -0.374. The Morgan fingerprint density at radius 2 is 2.20 bits per heavy atom. The molecule has 1 heterocycles. The standard InChI is InChI=1S/C8H15N3O3.ClH/c1-2-7(12)10-11-8(13)6-5-14-4-3-9-6;/h6,9H,2-5H2,1H3,(H,10,12)(H,11,13);1H. The van der Waals surface area contributed by atoms with Gasteiger partial charge in [0.05, 0.1) is 13.2 Å². The van der Waals surface area contributed by atoms with Crippen molar-refractivity contribution in [2.24, 2.45) is 0 Å². The smallest absolute Gasteiger partial charge is 0.257 e. The summed E-state index contributed by atoms with van der Waals surface area (Å²) < 4.78 is 5.10. The summed E-state index contributed by atoms with van der Waals surface area (Å²) >= 11 is 0. The molecule has 7 heteroatoms. The van der Waals surface area contributed by atoms with Crippen LogP contribution in [0.2, 0.25) is 0 Å². The highest BCUT2D eigenvalue weighted by Crippen LogP contribution is 1.91. The molecule has 0 radical (unpaired) electrons. The fourth-order valence-electron chi connectivity index (χ4n) is 1.04. The monoisotopic (exact) mass is 237 g/mol. The van der Waals surface area contributed by atoms with Crippen molar-refractivity contribution in [3.8, 4) is 0 Å². The van der Waals surface area contributed by atoms with E-state index in [1.807, 2.05) is 0 Å². The first-order chi connectivity index (χ1) is 6.74. The molecule has 3 N–H and O–H groups in total. The largest absolute Gasteiger partial charge is 0.378 e. The van der Waals surface area contributed by atoms with Crippen LogP contribution in [0.15, 0.2) is 0 Å². The molecule has 1 unspecified atom stereocenters. The van der Waals surface area contributed by atoms with Crippen LogP contribution in [0.5, 0.6) is 0 Å². The maximum absolute atomic E-state index is 11.4. The molecule has 0 aliphatic carbocycles. The molecular formula is C8H16ClN3O3. The Bertz CT molecular complexity index is 219. The molecule has 2 amide bonds. The molecule has 0 bridgehead atoms. The highest BCUT2D eigenvalue weighted by Gasteiger charge is 2.20. The Labute approximate surface area is 94.5 Å². The summed E-state index contributed by atoms with van der Waals surface area (Å²) in [5.74, 6) is -0.485. The first kappa shape index (κ1) is 14.2. The zero-order valence-corrected chi connectivity index (χ0v) is 9.36. The third-order valence-corrected chi connectivity index (χ3v) is 1.88. The number of hydrogen-bond acceptors (Lipinski definition) is 4. The van der Waals surface area contributed by atoms with E-state index < -0.39 is 0 Å². The molecule has 1 saturated heterocycles. The van der Waals surface area contributed by atoms with E-state index in [4.69, 9.17) is 4.74 Å². The zero-order valence-electron chi connectivity index (χ0n) is 8.54. The molecular weight excluding hydrogens is 222 g/mol. The average Bonchev–Trinajstić information content (AvgIpc) is 2.26. The van der Waals surface area contributed by atoms with E-state index in [1.165, 1.54) is 0 Å². The van der Waals surface area contributed by atoms with E-state index in [9.17, 15) is 9.59 Å².